The number of anilines is 3. The van der Waals surface area contributed by atoms with Gasteiger partial charge in [0.2, 0.25) is 23.5 Å². The van der Waals surface area contributed by atoms with E-state index >= 15 is 0 Å². The molecule has 1 aliphatic carbocycles. The Hall–Kier alpha value is -4.03. The van der Waals surface area contributed by atoms with Crippen LogP contribution in [0.3, 0.4) is 0 Å². The molecular formula is C26H27ClN6O6. The minimum absolute atomic E-state index is 0.0223. The van der Waals surface area contributed by atoms with Crippen LogP contribution in [0.2, 0.25) is 5.02 Å². The van der Waals surface area contributed by atoms with Gasteiger partial charge in [-0.05, 0) is 49.9 Å². The van der Waals surface area contributed by atoms with E-state index in [1.54, 1.807) is 12.1 Å². The Balaban J connectivity index is 1.37. The number of carbonyl (C=O) groups excluding carboxylic acids is 4. The Morgan fingerprint density at radius 1 is 1.03 bits per heavy atom. The zero-order valence-electron chi connectivity index (χ0n) is 21.2. The number of aromatic nitrogens is 2. The summed E-state index contributed by atoms with van der Waals surface area (Å²) in [6.45, 7) is 2.52. The molecule has 3 aromatic heterocycles. The van der Waals surface area contributed by atoms with Gasteiger partial charge in [-0.25, -0.2) is 9.97 Å². The first-order valence-electron chi connectivity index (χ1n) is 12.6. The predicted octanol–water partition coefficient (Wildman–Crippen LogP) is 3.44. The van der Waals surface area contributed by atoms with Crippen molar-refractivity contribution < 1.29 is 28.3 Å². The molecule has 2 aliphatic rings. The molecule has 5 rings (SSSR count). The quantitative estimate of drug-likeness (QED) is 0.418. The third-order valence-corrected chi connectivity index (χ3v) is 7.02. The van der Waals surface area contributed by atoms with Crippen LogP contribution in [0.5, 0.6) is 0 Å². The number of morpholine rings is 1. The molecule has 1 saturated carbocycles. The zero-order valence-corrected chi connectivity index (χ0v) is 21.9. The van der Waals surface area contributed by atoms with Gasteiger partial charge < -0.3 is 30.0 Å². The van der Waals surface area contributed by atoms with Crippen molar-refractivity contribution in [1.29, 1.82) is 0 Å². The molecule has 3 aromatic rings. The smallest absolute Gasteiger partial charge is 0.294 e. The number of carbonyl (C=O) groups is 4. The number of pyridine rings is 2. The Morgan fingerprint density at radius 2 is 1.79 bits per heavy atom. The number of halogens is 1. The summed E-state index contributed by atoms with van der Waals surface area (Å²) in [5, 5.41) is 8.49. The van der Waals surface area contributed by atoms with Gasteiger partial charge in [0.25, 0.3) is 5.91 Å². The molecule has 4 heterocycles. The minimum Gasteiger partial charge on any atom is -0.447 e. The van der Waals surface area contributed by atoms with Crippen LogP contribution in [-0.2, 0) is 19.1 Å². The highest BCUT2D eigenvalue weighted by molar-refractivity contribution is 6.30. The summed E-state index contributed by atoms with van der Waals surface area (Å²) >= 11 is 5.88. The lowest BCUT2D eigenvalue weighted by molar-refractivity contribution is -0.146. The number of nitrogens with zero attached hydrogens (tertiary/aromatic N) is 3. The second-order valence-corrected chi connectivity index (χ2v) is 9.92. The van der Waals surface area contributed by atoms with Crippen LogP contribution in [0.4, 0.5) is 17.3 Å². The molecule has 3 N–H and O–H groups in total. The lowest BCUT2D eigenvalue weighted by atomic mass is 9.84. The van der Waals surface area contributed by atoms with Gasteiger partial charge in [-0.1, -0.05) is 11.6 Å². The molecule has 1 saturated heterocycles. The van der Waals surface area contributed by atoms with Gasteiger partial charge in [0.15, 0.2) is 5.58 Å². The highest BCUT2D eigenvalue weighted by atomic mass is 35.5. The van der Waals surface area contributed by atoms with Gasteiger partial charge in [-0.2, -0.15) is 0 Å². The second-order valence-electron chi connectivity index (χ2n) is 9.48. The first kappa shape index (κ1) is 26.6. The van der Waals surface area contributed by atoms with Crippen LogP contribution in [0.15, 0.2) is 34.9 Å². The molecular weight excluding hydrogens is 528 g/mol. The van der Waals surface area contributed by atoms with Gasteiger partial charge in [0.1, 0.15) is 29.4 Å². The average Bonchev–Trinajstić information content (AvgIpc) is 3.27. The van der Waals surface area contributed by atoms with Crippen molar-refractivity contribution in [1.82, 2.24) is 14.9 Å². The molecule has 204 valence electrons. The summed E-state index contributed by atoms with van der Waals surface area (Å²) in [7, 11) is 0. The van der Waals surface area contributed by atoms with E-state index in [9.17, 15) is 19.2 Å². The summed E-state index contributed by atoms with van der Waals surface area (Å²) in [5.41, 5.74) is 0.568. The molecule has 0 unspecified atom stereocenters. The number of amides is 4. The number of ether oxygens (including phenoxy) is 1. The third-order valence-electron chi connectivity index (χ3n) is 6.79. The molecule has 0 bridgehead atoms. The largest absolute Gasteiger partial charge is 0.447 e. The zero-order chi connectivity index (χ0) is 27.5. The van der Waals surface area contributed by atoms with Crippen molar-refractivity contribution in [2.45, 2.75) is 38.6 Å². The number of furan rings is 1. The molecule has 13 heteroatoms. The maximum Gasteiger partial charge on any atom is 0.294 e. The Morgan fingerprint density at radius 3 is 2.49 bits per heavy atom. The Kier molecular flexibility index (Phi) is 7.75. The summed E-state index contributed by atoms with van der Waals surface area (Å²) < 4.78 is 11.0. The van der Waals surface area contributed by atoms with Crippen molar-refractivity contribution in [3.63, 3.8) is 0 Å². The highest BCUT2D eigenvalue weighted by Crippen LogP contribution is 2.34. The molecule has 39 heavy (non-hydrogen) atoms. The highest BCUT2D eigenvalue weighted by Gasteiger charge is 2.34. The van der Waals surface area contributed by atoms with E-state index in [2.05, 4.69) is 25.9 Å². The molecule has 0 atom stereocenters. The van der Waals surface area contributed by atoms with Crippen LogP contribution >= 0.6 is 11.6 Å². The standard InChI is InChI=1S/C26H27ClN6O6/c1-14(34)29-20-9-7-18-22(30-20)23(24(39-18)26(37)31-19-8-4-16(27)12-28-19)32-25(36)15-2-5-17(6-3-15)33-10-11-38-13-21(33)35/h4,7-9,12,15,17H,2-3,5-6,10-11,13H2,1H3,(H,32,36)(H,28,31,37)(H,29,30,34)/t15-,17-. The number of hydrogen-bond acceptors (Lipinski definition) is 8. The van der Waals surface area contributed by atoms with E-state index in [1.165, 1.54) is 25.3 Å². The molecule has 1 aliphatic heterocycles. The lowest BCUT2D eigenvalue weighted by Gasteiger charge is -2.38. The molecule has 0 aromatic carbocycles. The summed E-state index contributed by atoms with van der Waals surface area (Å²) in [6, 6.07) is 6.29. The van der Waals surface area contributed by atoms with Crippen molar-refractivity contribution in [2.75, 3.05) is 35.7 Å². The number of rotatable bonds is 6. The summed E-state index contributed by atoms with van der Waals surface area (Å²) in [6.07, 6.45) is 3.93. The van der Waals surface area contributed by atoms with Crippen LogP contribution in [0.25, 0.3) is 11.1 Å². The average molecular weight is 555 g/mol. The van der Waals surface area contributed by atoms with E-state index in [4.69, 9.17) is 20.8 Å². The number of nitrogens with one attached hydrogen (secondary N) is 3. The number of hydrogen-bond donors (Lipinski definition) is 3. The summed E-state index contributed by atoms with van der Waals surface area (Å²) in [4.78, 5) is 60.7. The molecule has 0 radical (unpaired) electrons. The molecule has 0 spiro atoms. The van der Waals surface area contributed by atoms with E-state index in [0.717, 1.165) is 0 Å². The normalized spacial score (nSPS) is 19.5. The topological polar surface area (TPSA) is 156 Å². The van der Waals surface area contributed by atoms with Crippen molar-refractivity contribution >= 4 is 63.7 Å². The molecule has 4 amide bonds. The molecule has 2 fully saturated rings. The van der Waals surface area contributed by atoms with E-state index < -0.39 is 5.91 Å². The van der Waals surface area contributed by atoms with Crippen molar-refractivity contribution in [3.05, 3.63) is 41.2 Å². The van der Waals surface area contributed by atoms with Crippen molar-refractivity contribution in [2.24, 2.45) is 5.92 Å². The minimum atomic E-state index is -0.645. The monoisotopic (exact) mass is 554 g/mol. The van der Waals surface area contributed by atoms with Gasteiger partial charge in [-0.3, -0.25) is 19.2 Å². The van der Waals surface area contributed by atoms with Gasteiger partial charge >= 0.3 is 0 Å². The van der Waals surface area contributed by atoms with Crippen LogP contribution in [0, 0.1) is 5.92 Å². The fraction of sp³-hybridized carbons (Fsp3) is 0.385. The predicted molar refractivity (Wildman–Crippen MR) is 142 cm³/mol. The van der Waals surface area contributed by atoms with Gasteiger partial charge in [0.05, 0.1) is 11.6 Å². The third kappa shape index (κ3) is 6.02. The Labute approximate surface area is 228 Å². The first-order chi connectivity index (χ1) is 18.8. The van der Waals surface area contributed by atoms with E-state index in [0.29, 0.717) is 43.9 Å². The van der Waals surface area contributed by atoms with Crippen LogP contribution in [-0.4, -0.2) is 64.3 Å². The lowest BCUT2D eigenvalue weighted by Crippen LogP contribution is -2.49. The second kappa shape index (κ2) is 11.4. The maximum absolute atomic E-state index is 13.4. The first-order valence-corrected chi connectivity index (χ1v) is 13.0. The van der Waals surface area contributed by atoms with E-state index in [-0.39, 0.29) is 70.5 Å². The number of fused-ring (bicyclic) bond motifs is 1. The van der Waals surface area contributed by atoms with E-state index in [1.807, 2.05) is 4.90 Å². The SMILES string of the molecule is CC(=O)Nc1ccc2oc(C(=O)Nc3ccc(Cl)cn3)c(NC(=O)[C@H]3CC[C@H](N4CCOCC4=O)CC3)c2n1. The van der Waals surface area contributed by atoms with Crippen LogP contribution in [0.1, 0.15) is 43.2 Å². The fourth-order valence-electron chi connectivity index (χ4n) is 4.92. The summed E-state index contributed by atoms with van der Waals surface area (Å²) in [5.74, 6) is -1.27. The maximum atomic E-state index is 13.4. The van der Waals surface area contributed by atoms with Gasteiger partial charge in [-0.15, -0.1) is 0 Å². The van der Waals surface area contributed by atoms with Crippen LogP contribution < -0.4 is 16.0 Å². The fourth-order valence-corrected chi connectivity index (χ4v) is 5.03. The Bertz CT molecular complexity index is 1420. The van der Waals surface area contributed by atoms with Gasteiger partial charge in [0, 0.05) is 31.6 Å². The molecule has 12 nitrogen and oxygen atoms in total. The van der Waals surface area contributed by atoms with Crippen molar-refractivity contribution in [3.8, 4) is 0 Å².